The lowest BCUT2D eigenvalue weighted by atomic mass is 10.1. The lowest BCUT2D eigenvalue weighted by molar-refractivity contribution is -0.274. The third-order valence-electron chi connectivity index (χ3n) is 4.03. The van der Waals surface area contributed by atoms with E-state index in [-0.39, 0.29) is 16.9 Å². The Morgan fingerprint density at radius 2 is 1.81 bits per heavy atom. The summed E-state index contributed by atoms with van der Waals surface area (Å²) in [6.07, 6.45) is -0.425. The van der Waals surface area contributed by atoms with E-state index in [9.17, 15) is 13.2 Å². The maximum atomic E-state index is 12.5. The van der Waals surface area contributed by atoms with Gasteiger partial charge in [0.15, 0.2) is 0 Å². The minimum absolute atomic E-state index is 0.192. The van der Waals surface area contributed by atoms with Crippen LogP contribution in [0.15, 0.2) is 24.3 Å². The van der Waals surface area contributed by atoms with Crippen molar-refractivity contribution in [3.8, 4) is 16.9 Å². The van der Waals surface area contributed by atoms with Gasteiger partial charge in [-0.15, -0.1) is 13.2 Å². The standard InChI is InChI=1S/C17H17ClF3N3O.C2H6/c1-10-22-15(18)14(16(23-10)24-12-6-2-3-7-12)11-5-4-8-13(9-11)25-17(19,20)21;1-2/h4-5,8-9,12H,2-3,6-7H2,1H3,(H,22,23,24);1-2H3. The largest absolute Gasteiger partial charge is 0.573 e. The van der Waals surface area contributed by atoms with Gasteiger partial charge >= 0.3 is 6.36 Å². The quantitative estimate of drug-likeness (QED) is 0.603. The van der Waals surface area contributed by atoms with Gasteiger partial charge in [-0.25, -0.2) is 9.97 Å². The Labute approximate surface area is 162 Å². The van der Waals surface area contributed by atoms with Crippen molar-refractivity contribution >= 4 is 17.4 Å². The van der Waals surface area contributed by atoms with Gasteiger partial charge in [0, 0.05) is 6.04 Å². The Kier molecular flexibility index (Phi) is 7.30. The third-order valence-corrected chi connectivity index (χ3v) is 4.30. The molecular weight excluding hydrogens is 379 g/mol. The van der Waals surface area contributed by atoms with Crippen molar-refractivity contribution in [2.75, 3.05) is 5.32 Å². The summed E-state index contributed by atoms with van der Waals surface area (Å²) in [5, 5.41) is 3.55. The van der Waals surface area contributed by atoms with Crippen LogP contribution in [-0.4, -0.2) is 22.4 Å². The molecule has 1 heterocycles. The van der Waals surface area contributed by atoms with Gasteiger partial charge in [-0.2, -0.15) is 0 Å². The molecule has 1 aliphatic carbocycles. The van der Waals surface area contributed by atoms with E-state index in [1.807, 2.05) is 13.8 Å². The topological polar surface area (TPSA) is 47.0 Å². The molecular formula is C19H23ClF3N3O. The van der Waals surface area contributed by atoms with Gasteiger partial charge in [0.2, 0.25) is 0 Å². The number of halogens is 4. The van der Waals surface area contributed by atoms with Crippen molar-refractivity contribution in [3.05, 3.63) is 35.2 Å². The first-order valence-corrected chi connectivity index (χ1v) is 9.36. The first kappa shape index (κ1) is 21.3. The summed E-state index contributed by atoms with van der Waals surface area (Å²) in [5.74, 6) is 0.721. The average Bonchev–Trinajstić information content (AvgIpc) is 3.08. The van der Waals surface area contributed by atoms with E-state index in [4.69, 9.17) is 11.6 Å². The van der Waals surface area contributed by atoms with E-state index in [1.165, 1.54) is 18.2 Å². The Morgan fingerprint density at radius 3 is 2.44 bits per heavy atom. The smallest absolute Gasteiger partial charge is 0.406 e. The fourth-order valence-corrected chi connectivity index (χ4v) is 3.33. The highest BCUT2D eigenvalue weighted by Crippen LogP contribution is 2.36. The highest BCUT2D eigenvalue weighted by Gasteiger charge is 2.31. The zero-order chi connectivity index (χ0) is 20.0. The van der Waals surface area contributed by atoms with E-state index in [1.54, 1.807) is 13.0 Å². The van der Waals surface area contributed by atoms with Crippen LogP contribution in [-0.2, 0) is 0 Å². The van der Waals surface area contributed by atoms with Gasteiger partial charge in [-0.3, -0.25) is 0 Å². The number of nitrogens with zero attached hydrogens (tertiary/aromatic N) is 2. The molecule has 3 rings (SSSR count). The van der Waals surface area contributed by atoms with E-state index in [0.717, 1.165) is 25.7 Å². The van der Waals surface area contributed by atoms with Crippen molar-refractivity contribution in [2.24, 2.45) is 0 Å². The molecule has 1 N–H and O–H groups in total. The molecule has 0 unspecified atom stereocenters. The molecule has 2 aromatic rings. The maximum Gasteiger partial charge on any atom is 0.573 e. The van der Waals surface area contributed by atoms with Crippen LogP contribution < -0.4 is 10.1 Å². The minimum Gasteiger partial charge on any atom is -0.406 e. The first-order chi connectivity index (χ1) is 12.8. The Balaban J connectivity index is 0.00000126. The van der Waals surface area contributed by atoms with Crippen LogP contribution in [0.5, 0.6) is 5.75 Å². The molecule has 1 fully saturated rings. The lowest BCUT2D eigenvalue weighted by Gasteiger charge is -2.18. The highest BCUT2D eigenvalue weighted by atomic mass is 35.5. The Bertz CT molecular complexity index is 762. The molecule has 0 bridgehead atoms. The summed E-state index contributed by atoms with van der Waals surface area (Å²) in [6.45, 7) is 5.72. The molecule has 1 aromatic heterocycles. The second-order valence-corrected chi connectivity index (χ2v) is 6.34. The maximum absolute atomic E-state index is 12.5. The lowest BCUT2D eigenvalue weighted by Crippen LogP contribution is -2.18. The number of alkyl halides is 3. The van der Waals surface area contributed by atoms with Crippen LogP contribution in [0.1, 0.15) is 45.4 Å². The minimum atomic E-state index is -4.75. The van der Waals surface area contributed by atoms with Crippen LogP contribution in [0, 0.1) is 6.92 Å². The number of aryl methyl sites for hydroxylation is 1. The van der Waals surface area contributed by atoms with E-state index >= 15 is 0 Å². The number of anilines is 1. The fraction of sp³-hybridized carbons (Fsp3) is 0.474. The van der Waals surface area contributed by atoms with E-state index in [2.05, 4.69) is 20.0 Å². The Hall–Kier alpha value is -2.02. The fourth-order valence-electron chi connectivity index (χ4n) is 3.01. The van der Waals surface area contributed by atoms with Crippen molar-refractivity contribution in [2.45, 2.75) is 58.9 Å². The zero-order valence-corrected chi connectivity index (χ0v) is 16.3. The highest BCUT2D eigenvalue weighted by molar-refractivity contribution is 6.32. The molecule has 1 saturated carbocycles. The summed E-state index contributed by atoms with van der Waals surface area (Å²) < 4.78 is 41.4. The third kappa shape index (κ3) is 5.99. The predicted molar refractivity (Wildman–Crippen MR) is 101 cm³/mol. The first-order valence-electron chi connectivity index (χ1n) is 8.99. The summed E-state index contributed by atoms with van der Waals surface area (Å²) in [7, 11) is 0. The average molecular weight is 402 g/mol. The molecule has 8 heteroatoms. The van der Waals surface area contributed by atoms with Crippen LogP contribution in [0.4, 0.5) is 19.0 Å². The number of rotatable bonds is 4. The second-order valence-electron chi connectivity index (χ2n) is 5.99. The normalized spacial score (nSPS) is 14.5. The molecule has 1 aliphatic rings. The number of benzene rings is 1. The molecule has 0 spiro atoms. The summed E-state index contributed by atoms with van der Waals surface area (Å²) >= 11 is 6.29. The van der Waals surface area contributed by atoms with Crippen LogP contribution in [0.25, 0.3) is 11.1 Å². The molecule has 148 valence electrons. The molecule has 0 amide bonds. The summed E-state index contributed by atoms with van der Waals surface area (Å²) in [6, 6.07) is 5.94. The molecule has 0 aliphatic heterocycles. The number of hydrogen-bond acceptors (Lipinski definition) is 4. The van der Waals surface area contributed by atoms with E-state index < -0.39 is 6.36 Å². The van der Waals surface area contributed by atoms with E-state index in [0.29, 0.717) is 22.8 Å². The van der Waals surface area contributed by atoms with Gasteiger partial charge in [0.25, 0.3) is 0 Å². The SMILES string of the molecule is CC.Cc1nc(Cl)c(-c2cccc(OC(F)(F)F)c2)c(NC2CCCC2)n1. The van der Waals surface area contributed by atoms with Gasteiger partial charge in [0.1, 0.15) is 22.5 Å². The van der Waals surface area contributed by atoms with Gasteiger partial charge < -0.3 is 10.1 Å². The number of ether oxygens (including phenoxy) is 1. The van der Waals surface area contributed by atoms with Crippen LogP contribution in [0.3, 0.4) is 0 Å². The molecule has 0 saturated heterocycles. The summed E-state index contributed by atoms with van der Waals surface area (Å²) in [5.41, 5.74) is 0.944. The van der Waals surface area contributed by atoms with Gasteiger partial charge in [-0.05, 0) is 37.5 Å². The van der Waals surface area contributed by atoms with Crippen LogP contribution >= 0.6 is 11.6 Å². The van der Waals surface area contributed by atoms with Crippen molar-refractivity contribution < 1.29 is 17.9 Å². The zero-order valence-electron chi connectivity index (χ0n) is 15.5. The molecule has 0 atom stereocenters. The van der Waals surface area contributed by atoms with Crippen molar-refractivity contribution in [3.63, 3.8) is 0 Å². The molecule has 4 nitrogen and oxygen atoms in total. The molecule has 27 heavy (non-hydrogen) atoms. The second kappa shape index (κ2) is 9.26. The number of hydrogen-bond donors (Lipinski definition) is 1. The number of nitrogens with one attached hydrogen (secondary N) is 1. The van der Waals surface area contributed by atoms with Crippen molar-refractivity contribution in [1.29, 1.82) is 0 Å². The van der Waals surface area contributed by atoms with Crippen LogP contribution in [0.2, 0.25) is 5.15 Å². The molecule has 1 aromatic carbocycles. The number of aromatic nitrogens is 2. The molecule has 0 radical (unpaired) electrons. The Morgan fingerprint density at radius 1 is 1.15 bits per heavy atom. The predicted octanol–water partition coefficient (Wildman–Crippen LogP) is 6.38. The summed E-state index contributed by atoms with van der Waals surface area (Å²) in [4.78, 5) is 8.55. The van der Waals surface area contributed by atoms with Gasteiger partial charge in [-0.1, -0.05) is 50.4 Å². The van der Waals surface area contributed by atoms with Gasteiger partial charge in [0.05, 0.1) is 5.56 Å². The van der Waals surface area contributed by atoms with Crippen molar-refractivity contribution in [1.82, 2.24) is 9.97 Å². The monoisotopic (exact) mass is 401 g/mol.